The highest BCUT2D eigenvalue weighted by Gasteiger charge is 2.11. The Labute approximate surface area is 152 Å². The number of sulfonamides is 1. The van der Waals surface area contributed by atoms with Crippen LogP contribution in [0.3, 0.4) is 0 Å². The number of nitrogens with zero attached hydrogens (tertiary/aromatic N) is 1. The van der Waals surface area contributed by atoms with Crippen LogP contribution in [-0.2, 0) is 23.1 Å². The molecule has 2 aromatic heterocycles. The quantitative estimate of drug-likeness (QED) is 0.616. The topological polar surface area (TPSA) is 98.9 Å². The predicted molar refractivity (Wildman–Crippen MR) is 94.8 cm³/mol. The van der Waals surface area contributed by atoms with E-state index in [0.717, 1.165) is 11.5 Å². The van der Waals surface area contributed by atoms with E-state index in [-0.39, 0.29) is 4.90 Å². The van der Waals surface area contributed by atoms with E-state index in [1.54, 1.807) is 24.7 Å². The molecule has 3 aromatic rings. The molecule has 0 bridgehead atoms. The van der Waals surface area contributed by atoms with Crippen LogP contribution in [0.5, 0.6) is 5.75 Å². The number of nitrogens with two attached hydrogens (primary N) is 1. The molecule has 0 spiro atoms. The van der Waals surface area contributed by atoms with Gasteiger partial charge in [-0.3, -0.25) is 4.90 Å². The van der Waals surface area contributed by atoms with Crippen molar-refractivity contribution in [3.05, 3.63) is 72.6 Å². The maximum Gasteiger partial charge on any atom is 0.238 e. The molecule has 138 valence electrons. The lowest BCUT2D eigenvalue weighted by Crippen LogP contribution is -2.27. The summed E-state index contributed by atoms with van der Waals surface area (Å²) < 4.78 is 39.1. The van der Waals surface area contributed by atoms with Gasteiger partial charge >= 0.3 is 0 Å². The van der Waals surface area contributed by atoms with Gasteiger partial charge in [-0.2, -0.15) is 0 Å². The zero-order valence-corrected chi connectivity index (χ0v) is 14.9. The van der Waals surface area contributed by atoms with Gasteiger partial charge in [0, 0.05) is 6.54 Å². The third-order valence-electron chi connectivity index (χ3n) is 3.75. The van der Waals surface area contributed by atoms with Gasteiger partial charge in [-0.05, 0) is 48.5 Å². The number of primary sulfonamides is 1. The number of hydrogen-bond donors (Lipinski definition) is 1. The Morgan fingerprint density at radius 2 is 1.50 bits per heavy atom. The second-order valence-corrected chi connectivity index (χ2v) is 7.30. The highest BCUT2D eigenvalue weighted by Crippen LogP contribution is 2.16. The first-order valence-corrected chi connectivity index (χ1v) is 9.58. The summed E-state index contributed by atoms with van der Waals surface area (Å²) >= 11 is 0. The summed E-state index contributed by atoms with van der Waals surface area (Å²) in [6.07, 6.45) is 3.29. The minimum Gasteiger partial charge on any atom is -0.492 e. The van der Waals surface area contributed by atoms with Gasteiger partial charge < -0.3 is 13.6 Å². The van der Waals surface area contributed by atoms with Crippen molar-refractivity contribution in [3.63, 3.8) is 0 Å². The Balaban J connectivity index is 1.56. The van der Waals surface area contributed by atoms with Gasteiger partial charge in [0.2, 0.25) is 10.0 Å². The van der Waals surface area contributed by atoms with Crippen molar-refractivity contribution < 1.29 is 22.0 Å². The summed E-state index contributed by atoms with van der Waals surface area (Å²) in [7, 11) is -3.70. The molecule has 2 heterocycles. The van der Waals surface area contributed by atoms with E-state index in [2.05, 4.69) is 4.90 Å². The summed E-state index contributed by atoms with van der Waals surface area (Å²) in [6.45, 7) is 2.32. The number of hydrogen-bond acceptors (Lipinski definition) is 6. The van der Waals surface area contributed by atoms with Crippen LogP contribution in [0.2, 0.25) is 0 Å². The van der Waals surface area contributed by atoms with Crippen molar-refractivity contribution in [2.24, 2.45) is 5.14 Å². The Hall–Kier alpha value is -2.55. The largest absolute Gasteiger partial charge is 0.492 e. The van der Waals surface area contributed by atoms with Crippen LogP contribution in [0.1, 0.15) is 11.5 Å². The number of benzene rings is 1. The number of ether oxygens (including phenoxy) is 1. The van der Waals surface area contributed by atoms with Gasteiger partial charge in [-0.25, -0.2) is 13.6 Å². The lowest BCUT2D eigenvalue weighted by molar-refractivity contribution is 0.175. The van der Waals surface area contributed by atoms with E-state index in [9.17, 15) is 8.42 Å². The molecule has 2 N–H and O–H groups in total. The van der Waals surface area contributed by atoms with Crippen LogP contribution in [0, 0.1) is 0 Å². The molecule has 7 nitrogen and oxygen atoms in total. The Morgan fingerprint density at radius 1 is 0.923 bits per heavy atom. The molecule has 0 radical (unpaired) electrons. The minimum absolute atomic E-state index is 0.0575. The average Bonchev–Trinajstić information content (AvgIpc) is 3.28. The Bertz CT molecular complexity index is 851. The van der Waals surface area contributed by atoms with Crippen LogP contribution < -0.4 is 9.88 Å². The van der Waals surface area contributed by atoms with E-state index in [4.69, 9.17) is 18.7 Å². The summed E-state index contributed by atoms with van der Waals surface area (Å²) in [5.74, 6) is 2.29. The maximum atomic E-state index is 11.3. The van der Waals surface area contributed by atoms with Crippen molar-refractivity contribution in [2.45, 2.75) is 18.0 Å². The monoisotopic (exact) mass is 376 g/mol. The van der Waals surface area contributed by atoms with E-state index < -0.39 is 10.0 Å². The van der Waals surface area contributed by atoms with Crippen molar-refractivity contribution in [3.8, 4) is 5.75 Å². The first-order chi connectivity index (χ1) is 12.5. The zero-order valence-electron chi connectivity index (χ0n) is 14.1. The lowest BCUT2D eigenvalue weighted by atomic mass is 10.3. The van der Waals surface area contributed by atoms with Crippen LogP contribution >= 0.6 is 0 Å². The number of rotatable bonds is 9. The molecule has 26 heavy (non-hydrogen) atoms. The molecule has 3 rings (SSSR count). The minimum atomic E-state index is -3.70. The molecule has 0 aliphatic heterocycles. The molecule has 1 aromatic carbocycles. The first kappa shape index (κ1) is 18.2. The van der Waals surface area contributed by atoms with Gasteiger partial charge in [0.1, 0.15) is 23.9 Å². The normalized spacial score (nSPS) is 11.8. The Kier molecular flexibility index (Phi) is 5.77. The van der Waals surface area contributed by atoms with E-state index in [1.165, 1.54) is 12.1 Å². The Morgan fingerprint density at radius 3 is 1.96 bits per heavy atom. The fourth-order valence-electron chi connectivity index (χ4n) is 2.48. The smallest absolute Gasteiger partial charge is 0.238 e. The molecule has 8 heteroatoms. The van der Waals surface area contributed by atoms with E-state index in [1.807, 2.05) is 24.3 Å². The summed E-state index contributed by atoms with van der Waals surface area (Å²) in [5, 5.41) is 5.08. The highest BCUT2D eigenvalue weighted by molar-refractivity contribution is 7.89. The molecule has 0 aliphatic rings. The summed E-state index contributed by atoms with van der Waals surface area (Å²) in [4.78, 5) is 2.19. The second-order valence-electron chi connectivity index (χ2n) is 5.73. The average molecular weight is 376 g/mol. The van der Waals surface area contributed by atoms with Crippen LogP contribution in [0.25, 0.3) is 0 Å². The lowest BCUT2D eigenvalue weighted by Gasteiger charge is -2.20. The second kappa shape index (κ2) is 8.22. The molecule has 0 amide bonds. The SMILES string of the molecule is NS(=O)(=O)c1ccc(OCCN(Cc2ccco2)Cc2ccco2)cc1. The molecule has 0 fully saturated rings. The van der Waals surface area contributed by atoms with Crippen molar-refractivity contribution >= 4 is 10.0 Å². The molecule has 0 aliphatic carbocycles. The third kappa shape index (κ3) is 5.22. The molecule has 0 unspecified atom stereocenters. The van der Waals surface area contributed by atoms with E-state index in [0.29, 0.717) is 32.0 Å². The van der Waals surface area contributed by atoms with Crippen molar-refractivity contribution in [1.82, 2.24) is 4.90 Å². The maximum absolute atomic E-state index is 11.3. The van der Waals surface area contributed by atoms with Crippen LogP contribution in [-0.4, -0.2) is 26.5 Å². The van der Waals surface area contributed by atoms with Gasteiger partial charge in [-0.15, -0.1) is 0 Å². The van der Waals surface area contributed by atoms with Gasteiger partial charge in [0.15, 0.2) is 0 Å². The molecule has 0 atom stereocenters. The molecular weight excluding hydrogens is 356 g/mol. The predicted octanol–water partition coefficient (Wildman–Crippen LogP) is 2.60. The third-order valence-corrected chi connectivity index (χ3v) is 4.68. The van der Waals surface area contributed by atoms with Gasteiger partial charge in [0.05, 0.1) is 30.5 Å². The number of furan rings is 2. The van der Waals surface area contributed by atoms with E-state index >= 15 is 0 Å². The zero-order chi connectivity index (χ0) is 18.4. The van der Waals surface area contributed by atoms with Gasteiger partial charge in [0.25, 0.3) is 0 Å². The summed E-state index contributed by atoms with van der Waals surface area (Å²) in [5.41, 5.74) is 0. The molecule has 0 saturated heterocycles. The first-order valence-electron chi connectivity index (χ1n) is 8.03. The molecule has 0 saturated carbocycles. The molecular formula is C18H20N2O5S. The standard InChI is InChI=1S/C18H20N2O5S/c19-26(21,22)18-7-5-15(6-8-18)25-12-9-20(13-16-3-1-10-23-16)14-17-4-2-11-24-17/h1-8,10-11H,9,12-14H2,(H2,19,21,22). The highest BCUT2D eigenvalue weighted by atomic mass is 32.2. The van der Waals surface area contributed by atoms with Crippen molar-refractivity contribution in [2.75, 3.05) is 13.2 Å². The van der Waals surface area contributed by atoms with Crippen LogP contribution in [0.15, 0.2) is 74.8 Å². The fraction of sp³-hybridized carbons (Fsp3) is 0.222. The van der Waals surface area contributed by atoms with Crippen LogP contribution in [0.4, 0.5) is 0 Å². The fourth-order valence-corrected chi connectivity index (χ4v) is 2.99. The van der Waals surface area contributed by atoms with Gasteiger partial charge in [-0.1, -0.05) is 0 Å². The van der Waals surface area contributed by atoms with Crippen molar-refractivity contribution in [1.29, 1.82) is 0 Å². The summed E-state index contributed by atoms with van der Waals surface area (Å²) in [6, 6.07) is 13.6.